The van der Waals surface area contributed by atoms with E-state index in [4.69, 9.17) is 0 Å². The van der Waals surface area contributed by atoms with Gasteiger partial charge in [0, 0.05) is 37.9 Å². The largest absolute Gasteiger partial charge is 0.314 e. The van der Waals surface area contributed by atoms with Crippen molar-refractivity contribution in [3.05, 3.63) is 18.0 Å². The summed E-state index contributed by atoms with van der Waals surface area (Å²) in [7, 11) is 1.99. The van der Waals surface area contributed by atoms with Crippen LogP contribution in [0, 0.1) is 5.92 Å². The Morgan fingerprint density at radius 2 is 2.13 bits per heavy atom. The lowest BCUT2D eigenvalue weighted by molar-refractivity contribution is 0.442. The minimum absolute atomic E-state index is 0.609. The number of nitrogens with zero attached hydrogens (tertiary/aromatic N) is 2. The smallest absolute Gasteiger partial charge is 0.0492 e. The molecular weight excluding hydrogens is 186 g/mol. The molecule has 0 saturated heterocycles. The quantitative estimate of drug-likeness (QED) is 0.776. The highest BCUT2D eigenvalue weighted by molar-refractivity contribution is 5.00. The SMILES string of the molecule is CC(C)CC(C)NCCc1ccnn1C. The van der Waals surface area contributed by atoms with Gasteiger partial charge < -0.3 is 5.32 Å². The molecule has 1 N–H and O–H groups in total. The summed E-state index contributed by atoms with van der Waals surface area (Å²) in [6.07, 6.45) is 4.15. The zero-order chi connectivity index (χ0) is 11.3. The third-order valence-electron chi connectivity index (χ3n) is 2.62. The van der Waals surface area contributed by atoms with Crippen molar-refractivity contribution < 1.29 is 0 Å². The van der Waals surface area contributed by atoms with Crippen LogP contribution in [0.25, 0.3) is 0 Å². The molecule has 0 fully saturated rings. The lowest BCUT2D eigenvalue weighted by atomic mass is 10.1. The van der Waals surface area contributed by atoms with Crippen LogP contribution in [0.1, 0.15) is 32.9 Å². The molecular formula is C12H23N3. The van der Waals surface area contributed by atoms with Crippen molar-refractivity contribution in [2.75, 3.05) is 6.54 Å². The molecule has 0 radical (unpaired) electrons. The van der Waals surface area contributed by atoms with Gasteiger partial charge in [0.05, 0.1) is 0 Å². The van der Waals surface area contributed by atoms with E-state index in [0.717, 1.165) is 18.9 Å². The number of hydrogen-bond donors (Lipinski definition) is 1. The molecule has 0 aliphatic heterocycles. The van der Waals surface area contributed by atoms with Crippen molar-refractivity contribution in [1.82, 2.24) is 15.1 Å². The van der Waals surface area contributed by atoms with Crippen LogP contribution < -0.4 is 5.32 Å². The summed E-state index contributed by atoms with van der Waals surface area (Å²) < 4.78 is 1.94. The summed E-state index contributed by atoms with van der Waals surface area (Å²) in [5, 5.41) is 7.69. The molecule has 1 rings (SSSR count). The standard InChI is InChI=1S/C12H23N3/c1-10(2)9-11(3)13-7-5-12-6-8-14-15(12)4/h6,8,10-11,13H,5,7,9H2,1-4H3. The minimum atomic E-state index is 0.609. The van der Waals surface area contributed by atoms with E-state index < -0.39 is 0 Å². The third kappa shape index (κ3) is 4.47. The summed E-state index contributed by atoms with van der Waals surface area (Å²) in [4.78, 5) is 0. The van der Waals surface area contributed by atoms with E-state index in [2.05, 4.69) is 37.3 Å². The van der Waals surface area contributed by atoms with Crippen molar-refractivity contribution in [2.45, 2.75) is 39.7 Å². The average Bonchev–Trinajstić information content (AvgIpc) is 2.50. The Bertz CT molecular complexity index is 278. The second-order valence-corrected chi connectivity index (χ2v) is 4.68. The van der Waals surface area contributed by atoms with E-state index in [1.54, 1.807) is 0 Å². The number of nitrogens with one attached hydrogen (secondary N) is 1. The predicted octanol–water partition coefficient (Wildman–Crippen LogP) is 1.99. The highest BCUT2D eigenvalue weighted by atomic mass is 15.3. The van der Waals surface area contributed by atoms with E-state index in [1.165, 1.54) is 12.1 Å². The zero-order valence-electron chi connectivity index (χ0n) is 10.3. The Morgan fingerprint density at radius 1 is 1.40 bits per heavy atom. The second-order valence-electron chi connectivity index (χ2n) is 4.68. The van der Waals surface area contributed by atoms with Crippen molar-refractivity contribution in [1.29, 1.82) is 0 Å². The molecule has 0 amide bonds. The Kier molecular flexibility index (Phi) is 4.82. The van der Waals surface area contributed by atoms with Gasteiger partial charge in [0.1, 0.15) is 0 Å². The fourth-order valence-electron chi connectivity index (χ4n) is 1.88. The van der Waals surface area contributed by atoms with Crippen LogP contribution in [0.4, 0.5) is 0 Å². The van der Waals surface area contributed by atoms with Crippen molar-refractivity contribution >= 4 is 0 Å². The molecule has 0 aromatic carbocycles. The minimum Gasteiger partial charge on any atom is -0.314 e. The molecule has 3 heteroatoms. The molecule has 0 aliphatic carbocycles. The van der Waals surface area contributed by atoms with E-state index >= 15 is 0 Å². The average molecular weight is 209 g/mol. The number of aromatic nitrogens is 2. The first kappa shape index (κ1) is 12.2. The molecule has 1 unspecified atom stereocenters. The Labute approximate surface area is 92.9 Å². The van der Waals surface area contributed by atoms with E-state index in [0.29, 0.717) is 6.04 Å². The lowest BCUT2D eigenvalue weighted by Gasteiger charge is -2.15. The van der Waals surface area contributed by atoms with Gasteiger partial charge in [-0.3, -0.25) is 4.68 Å². The normalized spacial score (nSPS) is 13.4. The van der Waals surface area contributed by atoms with Crippen molar-refractivity contribution in [3.8, 4) is 0 Å². The fraction of sp³-hybridized carbons (Fsp3) is 0.750. The number of rotatable bonds is 6. The third-order valence-corrected chi connectivity index (χ3v) is 2.62. The fourth-order valence-corrected chi connectivity index (χ4v) is 1.88. The van der Waals surface area contributed by atoms with Gasteiger partial charge in [0.15, 0.2) is 0 Å². The summed E-state index contributed by atoms with van der Waals surface area (Å²) in [5.41, 5.74) is 1.29. The van der Waals surface area contributed by atoms with Gasteiger partial charge in [-0.2, -0.15) is 5.10 Å². The summed E-state index contributed by atoms with van der Waals surface area (Å²) >= 11 is 0. The Balaban J connectivity index is 2.19. The van der Waals surface area contributed by atoms with Crippen LogP contribution in [-0.2, 0) is 13.5 Å². The molecule has 0 spiro atoms. The predicted molar refractivity (Wildman–Crippen MR) is 63.8 cm³/mol. The molecule has 15 heavy (non-hydrogen) atoms. The van der Waals surface area contributed by atoms with Gasteiger partial charge in [-0.1, -0.05) is 13.8 Å². The molecule has 1 aromatic heterocycles. The first-order chi connectivity index (χ1) is 7.09. The highest BCUT2D eigenvalue weighted by Gasteiger charge is 2.04. The first-order valence-corrected chi connectivity index (χ1v) is 5.80. The molecule has 1 atom stereocenters. The van der Waals surface area contributed by atoms with Crippen LogP contribution in [0.5, 0.6) is 0 Å². The second kappa shape index (κ2) is 5.91. The highest BCUT2D eigenvalue weighted by Crippen LogP contribution is 2.04. The lowest BCUT2D eigenvalue weighted by Crippen LogP contribution is -2.29. The van der Waals surface area contributed by atoms with Crippen LogP contribution in [0.2, 0.25) is 0 Å². The monoisotopic (exact) mass is 209 g/mol. The Morgan fingerprint density at radius 3 is 2.67 bits per heavy atom. The first-order valence-electron chi connectivity index (χ1n) is 5.80. The molecule has 0 saturated carbocycles. The molecule has 0 aliphatic rings. The number of aryl methyl sites for hydroxylation is 1. The summed E-state index contributed by atoms with van der Waals surface area (Å²) in [6.45, 7) is 7.81. The van der Waals surface area contributed by atoms with Gasteiger partial charge in [-0.05, 0) is 25.3 Å². The zero-order valence-corrected chi connectivity index (χ0v) is 10.3. The number of hydrogen-bond acceptors (Lipinski definition) is 2. The van der Waals surface area contributed by atoms with Crippen LogP contribution in [0.15, 0.2) is 12.3 Å². The van der Waals surface area contributed by atoms with Crippen LogP contribution >= 0.6 is 0 Å². The van der Waals surface area contributed by atoms with Gasteiger partial charge in [-0.15, -0.1) is 0 Å². The Hall–Kier alpha value is -0.830. The van der Waals surface area contributed by atoms with E-state index in [9.17, 15) is 0 Å². The maximum atomic E-state index is 4.15. The molecule has 3 nitrogen and oxygen atoms in total. The maximum Gasteiger partial charge on any atom is 0.0492 e. The van der Waals surface area contributed by atoms with Crippen LogP contribution in [-0.4, -0.2) is 22.4 Å². The van der Waals surface area contributed by atoms with Crippen molar-refractivity contribution in [2.24, 2.45) is 13.0 Å². The van der Waals surface area contributed by atoms with Gasteiger partial charge in [0.2, 0.25) is 0 Å². The van der Waals surface area contributed by atoms with Gasteiger partial charge in [0.25, 0.3) is 0 Å². The van der Waals surface area contributed by atoms with E-state index in [-0.39, 0.29) is 0 Å². The van der Waals surface area contributed by atoms with E-state index in [1.807, 2.05) is 17.9 Å². The topological polar surface area (TPSA) is 29.9 Å². The van der Waals surface area contributed by atoms with Gasteiger partial charge >= 0.3 is 0 Å². The summed E-state index contributed by atoms with van der Waals surface area (Å²) in [5.74, 6) is 0.768. The molecule has 1 heterocycles. The summed E-state index contributed by atoms with van der Waals surface area (Å²) in [6, 6.07) is 2.69. The maximum absolute atomic E-state index is 4.15. The molecule has 86 valence electrons. The molecule has 0 bridgehead atoms. The molecule has 1 aromatic rings. The van der Waals surface area contributed by atoms with Gasteiger partial charge in [-0.25, -0.2) is 0 Å². The van der Waals surface area contributed by atoms with Crippen molar-refractivity contribution in [3.63, 3.8) is 0 Å². The van der Waals surface area contributed by atoms with Crippen LogP contribution in [0.3, 0.4) is 0 Å².